The smallest absolute Gasteiger partial charge is 0.325 e. The zero-order valence-electron chi connectivity index (χ0n) is 16.3. The molecule has 1 atom stereocenters. The van der Waals surface area contributed by atoms with Gasteiger partial charge in [-0.15, -0.1) is 0 Å². The van der Waals surface area contributed by atoms with E-state index in [1.54, 1.807) is 0 Å². The Kier molecular flexibility index (Phi) is 6.54. The van der Waals surface area contributed by atoms with E-state index in [4.69, 9.17) is 0 Å². The minimum atomic E-state index is -4.67. The summed E-state index contributed by atoms with van der Waals surface area (Å²) in [5.41, 5.74) is -2.41. The summed E-state index contributed by atoms with van der Waals surface area (Å²) in [5.74, 6) is -1.36. The molecule has 0 aromatic heterocycles. The van der Waals surface area contributed by atoms with E-state index in [-0.39, 0.29) is 10.9 Å². The fourth-order valence-corrected chi connectivity index (χ4v) is 4.02. The Morgan fingerprint density at radius 3 is 2.41 bits per heavy atom. The molecule has 12 heteroatoms. The van der Waals surface area contributed by atoms with Gasteiger partial charge in [0.25, 0.3) is 0 Å². The molecule has 2 aromatic rings. The van der Waals surface area contributed by atoms with E-state index in [0.29, 0.717) is 0 Å². The Balaban J connectivity index is 1.73. The van der Waals surface area contributed by atoms with Crippen molar-refractivity contribution in [1.82, 2.24) is 4.90 Å². The van der Waals surface area contributed by atoms with Crippen LogP contribution in [0.4, 0.5) is 37.7 Å². The van der Waals surface area contributed by atoms with Gasteiger partial charge in [-0.1, -0.05) is 30.0 Å². The van der Waals surface area contributed by atoms with Gasteiger partial charge >= 0.3 is 12.4 Å². The van der Waals surface area contributed by atoms with Crippen molar-refractivity contribution >= 4 is 40.1 Å². The molecule has 1 heterocycles. The highest BCUT2D eigenvalue weighted by Gasteiger charge is 2.38. The number of rotatable bonds is 4. The van der Waals surface area contributed by atoms with E-state index in [0.717, 1.165) is 40.9 Å². The average Bonchev–Trinajstić information content (AvgIpc) is 2.95. The first-order valence-electron chi connectivity index (χ1n) is 9.02. The molecule has 2 aromatic carbocycles. The van der Waals surface area contributed by atoms with E-state index < -0.39 is 52.7 Å². The number of nitrogens with one attached hydrogen (secondary N) is 1. The first kappa shape index (κ1) is 23.6. The number of thioether (sulfide) groups is 1. The van der Waals surface area contributed by atoms with Crippen LogP contribution in [-0.4, -0.2) is 34.2 Å². The Morgan fingerprint density at radius 1 is 1.06 bits per heavy atom. The van der Waals surface area contributed by atoms with E-state index in [1.165, 1.54) is 31.3 Å². The molecule has 0 aliphatic carbocycles. The van der Waals surface area contributed by atoms with Gasteiger partial charge in [0.05, 0.1) is 22.5 Å². The van der Waals surface area contributed by atoms with E-state index in [9.17, 15) is 35.9 Å². The monoisotopic (exact) mass is 475 g/mol. The lowest BCUT2D eigenvalue weighted by molar-refractivity contribution is -0.138. The van der Waals surface area contributed by atoms with Crippen LogP contribution in [0.2, 0.25) is 0 Å². The predicted octanol–water partition coefficient (Wildman–Crippen LogP) is 5.31. The fourth-order valence-electron chi connectivity index (χ4n) is 2.87. The van der Waals surface area contributed by atoms with Gasteiger partial charge in [-0.05, 0) is 30.3 Å². The molecule has 2 amide bonds. The third-order valence-electron chi connectivity index (χ3n) is 4.42. The Bertz CT molecular complexity index is 1070. The zero-order chi connectivity index (χ0) is 23.7. The third-order valence-corrected chi connectivity index (χ3v) is 5.64. The summed E-state index contributed by atoms with van der Waals surface area (Å²) in [6, 6.07) is 8.62. The van der Waals surface area contributed by atoms with Crippen LogP contribution in [0, 0.1) is 0 Å². The maximum absolute atomic E-state index is 13.1. The van der Waals surface area contributed by atoms with Crippen molar-refractivity contribution in [2.75, 3.05) is 12.4 Å². The van der Waals surface area contributed by atoms with Crippen LogP contribution in [-0.2, 0) is 21.9 Å². The van der Waals surface area contributed by atoms with Gasteiger partial charge in [-0.2, -0.15) is 26.3 Å². The SMILES string of the molecule is CN1C(=O)C(CC(=O)Nc2ccccc2C(F)(F)F)SC1=Nc1cccc(C(F)(F)F)c1. The summed E-state index contributed by atoms with van der Waals surface area (Å²) in [7, 11) is 1.35. The number of hydrogen-bond acceptors (Lipinski definition) is 4. The highest BCUT2D eigenvalue weighted by molar-refractivity contribution is 8.15. The summed E-state index contributed by atoms with van der Waals surface area (Å²) in [4.78, 5) is 29.9. The Morgan fingerprint density at radius 2 is 1.75 bits per heavy atom. The largest absolute Gasteiger partial charge is 0.418 e. The fraction of sp³-hybridized carbons (Fsp3) is 0.250. The average molecular weight is 475 g/mol. The van der Waals surface area contributed by atoms with Crippen molar-refractivity contribution in [2.45, 2.75) is 24.0 Å². The molecule has 32 heavy (non-hydrogen) atoms. The van der Waals surface area contributed by atoms with Crippen LogP contribution in [0.25, 0.3) is 0 Å². The molecule has 0 spiro atoms. The van der Waals surface area contributed by atoms with Crippen molar-refractivity contribution in [3.8, 4) is 0 Å². The van der Waals surface area contributed by atoms with Gasteiger partial charge in [-0.3, -0.25) is 14.5 Å². The number of benzene rings is 2. The molecule has 0 bridgehead atoms. The second-order valence-corrected chi connectivity index (χ2v) is 7.91. The van der Waals surface area contributed by atoms with Crippen molar-refractivity contribution in [3.05, 3.63) is 59.7 Å². The van der Waals surface area contributed by atoms with Crippen LogP contribution in [0.15, 0.2) is 53.5 Å². The minimum Gasteiger partial charge on any atom is -0.325 e. The minimum absolute atomic E-state index is 0.0359. The van der Waals surface area contributed by atoms with E-state index in [1.807, 2.05) is 0 Å². The highest BCUT2D eigenvalue weighted by atomic mass is 32.2. The first-order valence-corrected chi connectivity index (χ1v) is 9.90. The standard InChI is InChI=1S/C20H15F6N3O2S/c1-29-17(31)15(10-16(30)28-14-8-3-2-7-13(14)20(24,25)26)32-18(29)27-12-6-4-5-11(9-12)19(21,22)23/h2-9,15H,10H2,1H3,(H,28,30). The number of amidine groups is 1. The molecule has 1 aliphatic rings. The quantitative estimate of drug-likeness (QED) is 0.610. The number of nitrogens with zero attached hydrogens (tertiary/aromatic N) is 2. The number of para-hydroxylation sites is 1. The maximum atomic E-state index is 13.1. The topological polar surface area (TPSA) is 61.8 Å². The molecule has 0 radical (unpaired) electrons. The second kappa shape index (κ2) is 8.85. The van der Waals surface area contributed by atoms with E-state index in [2.05, 4.69) is 10.3 Å². The van der Waals surface area contributed by atoms with Crippen molar-refractivity contribution < 1.29 is 35.9 Å². The van der Waals surface area contributed by atoms with Crippen LogP contribution in [0.5, 0.6) is 0 Å². The van der Waals surface area contributed by atoms with Gasteiger partial charge in [0.15, 0.2) is 5.17 Å². The van der Waals surface area contributed by atoms with Crippen molar-refractivity contribution in [3.63, 3.8) is 0 Å². The van der Waals surface area contributed by atoms with Crippen molar-refractivity contribution in [2.24, 2.45) is 4.99 Å². The summed E-state index contributed by atoms with van der Waals surface area (Å²) in [6.45, 7) is 0. The number of carbonyl (C=O) groups is 2. The highest BCUT2D eigenvalue weighted by Crippen LogP contribution is 2.36. The Labute approximate surface area is 182 Å². The number of anilines is 1. The number of amides is 2. The molecule has 5 nitrogen and oxygen atoms in total. The van der Waals surface area contributed by atoms with Gasteiger partial charge in [-0.25, -0.2) is 4.99 Å². The molecular formula is C20H15F6N3O2S. The molecule has 3 rings (SSSR count). The van der Waals surface area contributed by atoms with Crippen LogP contribution in [0.3, 0.4) is 0 Å². The molecular weight excluding hydrogens is 460 g/mol. The number of halogens is 6. The van der Waals surface area contributed by atoms with Gasteiger partial charge in [0, 0.05) is 13.5 Å². The van der Waals surface area contributed by atoms with Crippen LogP contribution < -0.4 is 5.32 Å². The zero-order valence-corrected chi connectivity index (χ0v) is 17.1. The molecule has 0 saturated carbocycles. The lowest BCUT2D eigenvalue weighted by Gasteiger charge is -2.14. The van der Waals surface area contributed by atoms with Crippen LogP contribution >= 0.6 is 11.8 Å². The summed E-state index contributed by atoms with van der Waals surface area (Å²) in [6.07, 6.45) is -9.68. The molecule has 170 valence electrons. The normalized spacial score (nSPS) is 18.3. The van der Waals surface area contributed by atoms with Gasteiger partial charge in [0.1, 0.15) is 5.25 Å². The lowest BCUT2D eigenvalue weighted by Crippen LogP contribution is -2.30. The first-order chi connectivity index (χ1) is 14.9. The van der Waals surface area contributed by atoms with Crippen LogP contribution in [0.1, 0.15) is 17.5 Å². The molecule has 1 unspecified atom stereocenters. The number of alkyl halides is 6. The summed E-state index contributed by atoms with van der Waals surface area (Å²) < 4.78 is 77.8. The number of aliphatic imine (C=N–C) groups is 1. The molecule has 1 saturated heterocycles. The van der Waals surface area contributed by atoms with Gasteiger partial charge < -0.3 is 5.32 Å². The van der Waals surface area contributed by atoms with Crippen molar-refractivity contribution in [1.29, 1.82) is 0 Å². The summed E-state index contributed by atoms with van der Waals surface area (Å²) in [5, 5.41) is 1.25. The number of hydrogen-bond donors (Lipinski definition) is 1. The van der Waals surface area contributed by atoms with Gasteiger partial charge in [0.2, 0.25) is 11.8 Å². The second-order valence-electron chi connectivity index (χ2n) is 6.74. The third kappa shape index (κ3) is 5.42. The molecule has 1 aliphatic heterocycles. The molecule has 1 N–H and O–H groups in total. The summed E-state index contributed by atoms with van der Waals surface area (Å²) >= 11 is 0.846. The van der Waals surface area contributed by atoms with E-state index >= 15 is 0 Å². The lowest BCUT2D eigenvalue weighted by atomic mass is 10.1. The number of carbonyl (C=O) groups excluding carboxylic acids is 2. The molecule has 1 fully saturated rings. The Hall–Kier alpha value is -3.02. The predicted molar refractivity (Wildman–Crippen MR) is 107 cm³/mol. The maximum Gasteiger partial charge on any atom is 0.418 e.